The molecule has 1 atom stereocenters. The fourth-order valence-electron chi connectivity index (χ4n) is 3.26. The smallest absolute Gasteiger partial charge is 0.244 e. The van der Waals surface area contributed by atoms with Crippen LogP contribution in [0.3, 0.4) is 0 Å². The summed E-state index contributed by atoms with van der Waals surface area (Å²) in [7, 11) is 0. The predicted octanol–water partition coefficient (Wildman–Crippen LogP) is 0.0932. The van der Waals surface area contributed by atoms with E-state index in [1.54, 1.807) is 16.5 Å². The molecule has 8 heteroatoms. The van der Waals surface area contributed by atoms with Crippen LogP contribution >= 0.6 is 0 Å². The molecule has 1 aromatic carbocycles. The average molecular weight is 356 g/mol. The van der Waals surface area contributed by atoms with E-state index >= 15 is 0 Å². The summed E-state index contributed by atoms with van der Waals surface area (Å²) in [6.07, 6.45) is 0. The van der Waals surface area contributed by atoms with Gasteiger partial charge in [-0.3, -0.25) is 14.5 Å². The first-order valence-corrected chi connectivity index (χ1v) is 8.67. The van der Waals surface area contributed by atoms with Crippen molar-refractivity contribution in [2.75, 3.05) is 19.6 Å². The molecule has 3 rings (SSSR count). The van der Waals surface area contributed by atoms with Crippen molar-refractivity contribution in [3.05, 3.63) is 47.5 Å². The van der Waals surface area contributed by atoms with Crippen LogP contribution in [-0.4, -0.2) is 62.1 Å². The van der Waals surface area contributed by atoms with Gasteiger partial charge in [-0.2, -0.15) is 5.10 Å². The Morgan fingerprint density at radius 2 is 1.92 bits per heavy atom. The normalized spacial score (nSPS) is 18.1. The van der Waals surface area contributed by atoms with Crippen LogP contribution in [0.1, 0.15) is 17.2 Å². The van der Waals surface area contributed by atoms with E-state index in [2.05, 4.69) is 10.1 Å². The Balaban J connectivity index is 1.66. The van der Waals surface area contributed by atoms with Gasteiger partial charge in [-0.25, -0.2) is 9.67 Å². The van der Waals surface area contributed by atoms with Crippen LogP contribution in [0.2, 0.25) is 0 Å². The quantitative estimate of drug-likeness (QED) is 0.819. The van der Waals surface area contributed by atoms with Gasteiger partial charge in [0.25, 0.3) is 0 Å². The fourth-order valence-corrected chi connectivity index (χ4v) is 3.26. The van der Waals surface area contributed by atoms with E-state index in [4.69, 9.17) is 5.73 Å². The third-order valence-corrected chi connectivity index (χ3v) is 4.65. The summed E-state index contributed by atoms with van der Waals surface area (Å²) in [6, 6.07) is 9.44. The number of rotatable bonds is 5. The lowest BCUT2D eigenvalue weighted by molar-refractivity contribution is -0.138. The maximum absolute atomic E-state index is 12.6. The highest BCUT2D eigenvalue weighted by Gasteiger charge is 2.33. The van der Waals surface area contributed by atoms with Crippen LogP contribution in [0.5, 0.6) is 0 Å². The molecular formula is C18H24N6O2. The number of nitrogens with zero attached hydrogens (tertiary/aromatic N) is 5. The van der Waals surface area contributed by atoms with E-state index in [1.807, 2.05) is 42.2 Å². The molecule has 0 bridgehead atoms. The van der Waals surface area contributed by atoms with Crippen molar-refractivity contribution in [3.8, 4) is 0 Å². The third kappa shape index (κ3) is 4.08. The zero-order valence-corrected chi connectivity index (χ0v) is 15.1. The Morgan fingerprint density at radius 1 is 1.19 bits per heavy atom. The summed E-state index contributed by atoms with van der Waals surface area (Å²) >= 11 is 0. The lowest BCUT2D eigenvalue weighted by Crippen LogP contribution is -2.59. The molecule has 1 aliphatic heterocycles. The molecule has 1 saturated heterocycles. The SMILES string of the molecule is Cc1nc(C)n(CC(=O)N2CCN(Cc3ccccc3)C(C(N)=O)C2)n1. The summed E-state index contributed by atoms with van der Waals surface area (Å²) in [4.78, 5) is 32.5. The largest absolute Gasteiger partial charge is 0.368 e. The average Bonchev–Trinajstić information content (AvgIpc) is 2.93. The van der Waals surface area contributed by atoms with Crippen LogP contribution in [0.25, 0.3) is 0 Å². The van der Waals surface area contributed by atoms with Gasteiger partial charge in [0.2, 0.25) is 11.8 Å². The van der Waals surface area contributed by atoms with Gasteiger partial charge in [0, 0.05) is 26.2 Å². The number of piperazine rings is 1. The fraction of sp³-hybridized carbons (Fsp3) is 0.444. The van der Waals surface area contributed by atoms with E-state index in [1.165, 1.54) is 0 Å². The predicted molar refractivity (Wildman–Crippen MR) is 95.9 cm³/mol. The molecule has 1 aliphatic rings. The van der Waals surface area contributed by atoms with Crippen molar-refractivity contribution in [1.29, 1.82) is 0 Å². The summed E-state index contributed by atoms with van der Waals surface area (Å²) in [6.45, 7) is 5.82. The lowest BCUT2D eigenvalue weighted by Gasteiger charge is -2.40. The van der Waals surface area contributed by atoms with Crippen LogP contribution in [0, 0.1) is 13.8 Å². The van der Waals surface area contributed by atoms with Gasteiger partial charge in [-0.15, -0.1) is 0 Å². The molecule has 26 heavy (non-hydrogen) atoms. The molecule has 0 radical (unpaired) electrons. The maximum Gasteiger partial charge on any atom is 0.244 e. The van der Waals surface area contributed by atoms with E-state index in [0.717, 1.165) is 5.56 Å². The van der Waals surface area contributed by atoms with Gasteiger partial charge in [0.15, 0.2) is 0 Å². The highest BCUT2D eigenvalue weighted by molar-refractivity contribution is 5.82. The second-order valence-corrected chi connectivity index (χ2v) is 6.58. The molecule has 2 N–H and O–H groups in total. The number of amides is 2. The van der Waals surface area contributed by atoms with Crippen molar-refractivity contribution in [2.45, 2.75) is 33.0 Å². The van der Waals surface area contributed by atoms with Crippen LogP contribution in [0.15, 0.2) is 30.3 Å². The molecule has 2 amide bonds. The second-order valence-electron chi connectivity index (χ2n) is 6.58. The molecular weight excluding hydrogens is 332 g/mol. The minimum atomic E-state index is -0.494. The number of primary amides is 1. The molecule has 2 aromatic rings. The molecule has 2 heterocycles. The Labute approximate surface area is 152 Å². The second kappa shape index (κ2) is 7.65. The Bertz CT molecular complexity index is 788. The first-order valence-electron chi connectivity index (χ1n) is 8.67. The molecule has 0 aliphatic carbocycles. The molecule has 0 saturated carbocycles. The van der Waals surface area contributed by atoms with Crippen molar-refractivity contribution >= 4 is 11.8 Å². The minimum absolute atomic E-state index is 0.0800. The summed E-state index contributed by atoms with van der Waals surface area (Å²) in [5.74, 6) is 0.845. The van der Waals surface area contributed by atoms with Crippen molar-refractivity contribution in [1.82, 2.24) is 24.6 Å². The number of hydrogen-bond donors (Lipinski definition) is 1. The van der Waals surface area contributed by atoms with E-state index in [9.17, 15) is 9.59 Å². The van der Waals surface area contributed by atoms with Gasteiger partial charge in [0.05, 0.1) is 0 Å². The highest BCUT2D eigenvalue weighted by Crippen LogP contribution is 2.15. The molecule has 8 nitrogen and oxygen atoms in total. The Kier molecular flexibility index (Phi) is 5.32. The van der Waals surface area contributed by atoms with Crippen LogP contribution in [-0.2, 0) is 22.7 Å². The molecule has 0 spiro atoms. The zero-order valence-electron chi connectivity index (χ0n) is 15.1. The highest BCUT2D eigenvalue weighted by atomic mass is 16.2. The number of aryl methyl sites for hydroxylation is 2. The van der Waals surface area contributed by atoms with E-state index in [-0.39, 0.29) is 12.5 Å². The Hall–Kier alpha value is -2.74. The van der Waals surface area contributed by atoms with Gasteiger partial charge in [-0.05, 0) is 19.4 Å². The van der Waals surface area contributed by atoms with Gasteiger partial charge < -0.3 is 10.6 Å². The monoisotopic (exact) mass is 356 g/mol. The van der Waals surface area contributed by atoms with Crippen molar-refractivity contribution in [3.63, 3.8) is 0 Å². The van der Waals surface area contributed by atoms with Gasteiger partial charge in [-0.1, -0.05) is 30.3 Å². The van der Waals surface area contributed by atoms with Crippen LogP contribution < -0.4 is 5.73 Å². The van der Waals surface area contributed by atoms with Gasteiger partial charge >= 0.3 is 0 Å². The number of carbonyl (C=O) groups is 2. The zero-order chi connectivity index (χ0) is 18.7. The summed E-state index contributed by atoms with van der Waals surface area (Å²) < 4.78 is 1.59. The topological polar surface area (TPSA) is 97.4 Å². The standard InChI is InChI=1S/C18H24N6O2/c1-13-20-14(2)24(21-13)12-17(25)23-9-8-22(16(11-23)18(19)26)10-15-6-4-3-5-7-15/h3-7,16H,8-12H2,1-2H3,(H2,19,26). The first-order chi connectivity index (χ1) is 12.4. The van der Waals surface area contributed by atoms with E-state index in [0.29, 0.717) is 37.8 Å². The molecule has 1 unspecified atom stereocenters. The molecule has 138 valence electrons. The Morgan fingerprint density at radius 3 is 2.54 bits per heavy atom. The summed E-state index contributed by atoms with van der Waals surface area (Å²) in [5.41, 5.74) is 6.73. The number of aromatic nitrogens is 3. The van der Waals surface area contributed by atoms with Crippen LogP contribution in [0.4, 0.5) is 0 Å². The number of hydrogen-bond acceptors (Lipinski definition) is 5. The van der Waals surface area contributed by atoms with E-state index < -0.39 is 11.9 Å². The first kappa shape index (κ1) is 18.1. The maximum atomic E-state index is 12.6. The van der Waals surface area contributed by atoms with Crippen molar-refractivity contribution in [2.24, 2.45) is 5.73 Å². The lowest BCUT2D eigenvalue weighted by atomic mass is 10.1. The minimum Gasteiger partial charge on any atom is -0.368 e. The molecule has 1 aromatic heterocycles. The number of nitrogens with two attached hydrogens (primary N) is 1. The summed E-state index contributed by atoms with van der Waals surface area (Å²) in [5, 5.41) is 4.23. The van der Waals surface area contributed by atoms with Crippen molar-refractivity contribution < 1.29 is 9.59 Å². The molecule has 1 fully saturated rings. The number of benzene rings is 1. The van der Waals surface area contributed by atoms with Gasteiger partial charge in [0.1, 0.15) is 24.2 Å². The third-order valence-electron chi connectivity index (χ3n) is 4.65. The number of carbonyl (C=O) groups excluding carboxylic acids is 2.